The number of aromatic nitrogens is 1. The third-order valence-corrected chi connectivity index (χ3v) is 4.15. The summed E-state index contributed by atoms with van der Waals surface area (Å²) >= 11 is 0. The number of fused-ring (bicyclic) bond motifs is 2. The zero-order valence-corrected chi connectivity index (χ0v) is 11.8. The number of para-hydroxylation sites is 1. The van der Waals surface area contributed by atoms with Gasteiger partial charge in [0.05, 0.1) is 5.52 Å². The lowest BCUT2D eigenvalue weighted by molar-refractivity contribution is 0.723. The molecule has 21 heavy (non-hydrogen) atoms. The van der Waals surface area contributed by atoms with Gasteiger partial charge in [-0.3, -0.25) is 0 Å². The van der Waals surface area contributed by atoms with Gasteiger partial charge in [-0.05, 0) is 47.9 Å². The molecule has 1 aliphatic heterocycles. The Morgan fingerprint density at radius 3 is 2.81 bits per heavy atom. The average Bonchev–Trinajstić information content (AvgIpc) is 2.53. The number of nitrogens with zero attached hydrogens (tertiary/aromatic N) is 2. The van der Waals surface area contributed by atoms with Gasteiger partial charge in [0.1, 0.15) is 5.82 Å². The fourth-order valence-corrected chi connectivity index (χ4v) is 3.00. The molecule has 0 saturated heterocycles. The molecule has 0 fully saturated rings. The molecular formula is C18H17N3. The van der Waals surface area contributed by atoms with Crippen molar-refractivity contribution in [3.8, 4) is 0 Å². The lowest BCUT2D eigenvalue weighted by atomic mass is 9.99. The Balaban J connectivity index is 1.70. The Labute approximate surface area is 124 Å². The van der Waals surface area contributed by atoms with E-state index in [1.807, 2.05) is 18.2 Å². The number of hydrogen-bond donors (Lipinski definition) is 1. The first-order valence-corrected chi connectivity index (χ1v) is 7.28. The van der Waals surface area contributed by atoms with Crippen molar-refractivity contribution >= 4 is 22.4 Å². The normalized spacial score (nSPS) is 14.2. The maximum absolute atomic E-state index is 5.91. The Morgan fingerprint density at radius 1 is 0.952 bits per heavy atom. The molecule has 0 saturated carbocycles. The molecule has 0 radical (unpaired) electrons. The van der Waals surface area contributed by atoms with E-state index in [9.17, 15) is 0 Å². The first-order chi connectivity index (χ1) is 10.3. The van der Waals surface area contributed by atoms with Crippen LogP contribution in [-0.2, 0) is 13.0 Å². The topological polar surface area (TPSA) is 42.1 Å². The maximum Gasteiger partial charge on any atom is 0.129 e. The minimum absolute atomic E-state index is 0.835. The van der Waals surface area contributed by atoms with Crippen molar-refractivity contribution in [1.82, 2.24) is 4.98 Å². The van der Waals surface area contributed by atoms with Gasteiger partial charge in [-0.25, -0.2) is 4.98 Å². The highest BCUT2D eigenvalue weighted by Crippen LogP contribution is 2.26. The number of nitrogens with two attached hydrogens (primary N) is 1. The number of rotatable bonds is 1. The second kappa shape index (κ2) is 4.77. The van der Waals surface area contributed by atoms with Crippen molar-refractivity contribution < 1.29 is 0 Å². The fourth-order valence-electron chi connectivity index (χ4n) is 3.00. The van der Waals surface area contributed by atoms with Crippen LogP contribution in [0.25, 0.3) is 10.9 Å². The number of pyridine rings is 1. The number of hydrogen-bond acceptors (Lipinski definition) is 3. The van der Waals surface area contributed by atoms with Crippen LogP contribution in [0.2, 0.25) is 0 Å². The summed E-state index contributed by atoms with van der Waals surface area (Å²) in [4.78, 5) is 7.12. The quantitative estimate of drug-likeness (QED) is 0.692. The van der Waals surface area contributed by atoms with Crippen LogP contribution in [0.3, 0.4) is 0 Å². The highest BCUT2D eigenvalue weighted by Gasteiger charge is 2.17. The molecular weight excluding hydrogens is 258 g/mol. The smallest absolute Gasteiger partial charge is 0.129 e. The van der Waals surface area contributed by atoms with E-state index in [4.69, 9.17) is 10.7 Å². The molecule has 104 valence electrons. The lowest BCUT2D eigenvalue weighted by Gasteiger charge is -2.30. The van der Waals surface area contributed by atoms with Crippen LogP contribution in [0.1, 0.15) is 11.1 Å². The zero-order valence-electron chi connectivity index (χ0n) is 11.8. The van der Waals surface area contributed by atoms with Gasteiger partial charge in [0.2, 0.25) is 0 Å². The molecule has 1 aromatic heterocycles. The van der Waals surface area contributed by atoms with E-state index < -0.39 is 0 Å². The average molecular weight is 275 g/mol. The Morgan fingerprint density at radius 2 is 1.86 bits per heavy atom. The van der Waals surface area contributed by atoms with Crippen LogP contribution in [-0.4, -0.2) is 11.5 Å². The van der Waals surface area contributed by atoms with Crippen LogP contribution in [0, 0.1) is 0 Å². The van der Waals surface area contributed by atoms with Crippen LogP contribution in [0.4, 0.5) is 11.5 Å². The third kappa shape index (κ3) is 2.21. The van der Waals surface area contributed by atoms with E-state index in [1.165, 1.54) is 16.5 Å². The minimum Gasteiger partial charge on any atom is -0.399 e. The second-order valence-electron chi connectivity index (χ2n) is 5.56. The van der Waals surface area contributed by atoms with Gasteiger partial charge in [-0.1, -0.05) is 24.3 Å². The SMILES string of the molecule is Nc1ccc2c(c1)CN(c1ccc3ccccc3n1)CC2. The number of anilines is 2. The van der Waals surface area contributed by atoms with Gasteiger partial charge in [-0.15, -0.1) is 0 Å². The van der Waals surface area contributed by atoms with Crippen molar-refractivity contribution in [2.45, 2.75) is 13.0 Å². The van der Waals surface area contributed by atoms with E-state index in [2.05, 4.69) is 41.3 Å². The molecule has 4 rings (SSSR count). The Hall–Kier alpha value is -2.55. The van der Waals surface area contributed by atoms with Crippen LogP contribution in [0.5, 0.6) is 0 Å². The standard InChI is InChI=1S/C18H17N3/c19-16-7-5-13-9-10-21(12-15(13)11-16)18-8-6-14-3-1-2-4-17(14)20-18/h1-8,11H,9-10,12,19H2. The highest BCUT2D eigenvalue weighted by molar-refractivity contribution is 5.80. The van der Waals surface area contributed by atoms with Crippen molar-refractivity contribution in [3.05, 3.63) is 65.7 Å². The van der Waals surface area contributed by atoms with Crippen molar-refractivity contribution in [2.75, 3.05) is 17.2 Å². The molecule has 0 atom stereocenters. The predicted octanol–water partition coefficient (Wildman–Crippen LogP) is 3.38. The molecule has 0 bridgehead atoms. The molecule has 3 aromatic rings. The van der Waals surface area contributed by atoms with Crippen LogP contribution < -0.4 is 10.6 Å². The van der Waals surface area contributed by atoms with Gasteiger partial charge in [0.15, 0.2) is 0 Å². The van der Waals surface area contributed by atoms with E-state index >= 15 is 0 Å². The summed E-state index contributed by atoms with van der Waals surface area (Å²) in [6.45, 7) is 1.88. The predicted molar refractivity (Wildman–Crippen MR) is 87.4 cm³/mol. The van der Waals surface area contributed by atoms with Crippen molar-refractivity contribution in [3.63, 3.8) is 0 Å². The first kappa shape index (κ1) is 12.2. The lowest BCUT2D eigenvalue weighted by Crippen LogP contribution is -2.31. The molecule has 0 amide bonds. The van der Waals surface area contributed by atoms with Gasteiger partial charge < -0.3 is 10.6 Å². The monoisotopic (exact) mass is 275 g/mol. The van der Waals surface area contributed by atoms with Crippen molar-refractivity contribution in [1.29, 1.82) is 0 Å². The zero-order chi connectivity index (χ0) is 14.2. The summed E-state index contributed by atoms with van der Waals surface area (Å²) in [7, 11) is 0. The highest BCUT2D eigenvalue weighted by atomic mass is 15.2. The molecule has 3 heteroatoms. The summed E-state index contributed by atoms with van der Waals surface area (Å²) in [5, 5.41) is 1.18. The van der Waals surface area contributed by atoms with E-state index in [0.717, 1.165) is 36.5 Å². The summed E-state index contributed by atoms with van der Waals surface area (Å²) in [6.07, 6.45) is 1.05. The summed E-state index contributed by atoms with van der Waals surface area (Å²) in [5.74, 6) is 1.04. The van der Waals surface area contributed by atoms with E-state index in [-0.39, 0.29) is 0 Å². The van der Waals surface area contributed by atoms with Gasteiger partial charge >= 0.3 is 0 Å². The second-order valence-corrected chi connectivity index (χ2v) is 5.56. The molecule has 3 nitrogen and oxygen atoms in total. The summed E-state index contributed by atoms with van der Waals surface area (Å²) in [5.41, 5.74) is 10.5. The van der Waals surface area contributed by atoms with Crippen LogP contribution >= 0.6 is 0 Å². The minimum atomic E-state index is 0.835. The molecule has 2 N–H and O–H groups in total. The Kier molecular flexibility index (Phi) is 2.78. The summed E-state index contributed by atoms with van der Waals surface area (Å²) < 4.78 is 0. The molecule has 0 aliphatic carbocycles. The third-order valence-electron chi connectivity index (χ3n) is 4.15. The largest absolute Gasteiger partial charge is 0.399 e. The van der Waals surface area contributed by atoms with E-state index in [0.29, 0.717) is 0 Å². The van der Waals surface area contributed by atoms with Gasteiger partial charge in [0, 0.05) is 24.2 Å². The molecule has 2 heterocycles. The fraction of sp³-hybridized carbons (Fsp3) is 0.167. The Bertz CT molecular complexity index is 810. The van der Waals surface area contributed by atoms with Crippen LogP contribution in [0.15, 0.2) is 54.6 Å². The number of benzene rings is 2. The molecule has 1 aliphatic rings. The maximum atomic E-state index is 5.91. The van der Waals surface area contributed by atoms with Gasteiger partial charge in [0.25, 0.3) is 0 Å². The molecule has 0 unspecified atom stereocenters. The first-order valence-electron chi connectivity index (χ1n) is 7.28. The summed E-state index contributed by atoms with van der Waals surface area (Å²) in [6, 6.07) is 18.7. The molecule has 0 spiro atoms. The number of nitrogen functional groups attached to an aromatic ring is 1. The van der Waals surface area contributed by atoms with Crippen molar-refractivity contribution in [2.24, 2.45) is 0 Å². The van der Waals surface area contributed by atoms with Gasteiger partial charge in [-0.2, -0.15) is 0 Å². The van der Waals surface area contributed by atoms with E-state index in [1.54, 1.807) is 0 Å². The molecule has 2 aromatic carbocycles.